The van der Waals surface area contributed by atoms with Gasteiger partial charge in [-0.1, -0.05) is 35.9 Å². The number of nitrogens with zero attached hydrogens (tertiary/aromatic N) is 4. The fourth-order valence-corrected chi connectivity index (χ4v) is 3.94. The van der Waals surface area contributed by atoms with Crippen LogP contribution in [0.4, 0.5) is 11.6 Å². The van der Waals surface area contributed by atoms with E-state index in [-0.39, 0.29) is 5.56 Å². The lowest BCUT2D eigenvalue weighted by atomic mass is 9.99. The van der Waals surface area contributed by atoms with Gasteiger partial charge in [0.2, 0.25) is 5.95 Å². The van der Waals surface area contributed by atoms with Crippen molar-refractivity contribution >= 4 is 22.5 Å². The number of fused-ring (bicyclic) bond motifs is 1. The van der Waals surface area contributed by atoms with Gasteiger partial charge in [-0.15, -0.1) is 5.10 Å². The minimum atomic E-state index is -0.0482. The SMILES string of the molecule is Cc1ccc(-c2nc(Nc3ccc(C)c(-c4cc5cnc(C)cc5n(C)c4=O)c3)n[nH]2)cc1. The Morgan fingerprint density at radius 2 is 1.73 bits per heavy atom. The molecule has 3 aromatic heterocycles. The molecular weight excluding hydrogens is 412 g/mol. The van der Waals surface area contributed by atoms with Crippen LogP contribution in [0.5, 0.6) is 0 Å². The van der Waals surface area contributed by atoms with E-state index in [2.05, 4.69) is 25.5 Å². The van der Waals surface area contributed by atoms with Crippen molar-refractivity contribution in [2.24, 2.45) is 7.05 Å². The average molecular weight is 437 g/mol. The van der Waals surface area contributed by atoms with E-state index in [0.717, 1.165) is 39.0 Å². The first-order valence-electron chi connectivity index (χ1n) is 10.7. The van der Waals surface area contributed by atoms with Gasteiger partial charge in [0.25, 0.3) is 5.56 Å². The highest BCUT2D eigenvalue weighted by Gasteiger charge is 2.13. The number of anilines is 2. The monoisotopic (exact) mass is 436 g/mol. The third-order valence-electron chi connectivity index (χ3n) is 5.84. The highest BCUT2D eigenvalue weighted by molar-refractivity contribution is 5.85. The summed E-state index contributed by atoms with van der Waals surface area (Å²) in [5.74, 6) is 1.16. The first-order chi connectivity index (χ1) is 15.9. The van der Waals surface area contributed by atoms with Crippen LogP contribution in [-0.2, 0) is 7.05 Å². The minimum Gasteiger partial charge on any atom is -0.323 e. The molecule has 164 valence electrons. The molecule has 0 saturated carbocycles. The van der Waals surface area contributed by atoms with Crippen molar-refractivity contribution in [2.45, 2.75) is 20.8 Å². The summed E-state index contributed by atoms with van der Waals surface area (Å²) in [7, 11) is 1.80. The summed E-state index contributed by atoms with van der Waals surface area (Å²) in [6.45, 7) is 5.97. The summed E-state index contributed by atoms with van der Waals surface area (Å²) in [4.78, 5) is 22.1. The van der Waals surface area contributed by atoms with Gasteiger partial charge in [-0.3, -0.25) is 14.9 Å². The minimum absolute atomic E-state index is 0.0482. The molecule has 7 heteroatoms. The fourth-order valence-electron chi connectivity index (χ4n) is 3.94. The van der Waals surface area contributed by atoms with Gasteiger partial charge in [0.15, 0.2) is 5.82 Å². The molecule has 2 aromatic carbocycles. The van der Waals surface area contributed by atoms with Crippen molar-refractivity contribution in [3.63, 3.8) is 0 Å². The maximum atomic E-state index is 13.2. The Bertz CT molecular complexity index is 1550. The van der Waals surface area contributed by atoms with Gasteiger partial charge in [0, 0.05) is 41.1 Å². The molecule has 0 fully saturated rings. The summed E-state index contributed by atoms with van der Waals surface area (Å²) < 4.78 is 1.68. The molecule has 3 heterocycles. The number of benzene rings is 2. The first kappa shape index (κ1) is 20.6. The number of hydrogen-bond donors (Lipinski definition) is 2. The van der Waals surface area contributed by atoms with Crippen molar-refractivity contribution in [3.8, 4) is 22.5 Å². The standard InChI is InChI=1S/C26H24N6O/c1-15-5-8-18(9-6-15)24-29-26(31-30-24)28-20-10-7-16(2)21(13-20)22-12-19-14-27-17(3)11-23(19)32(4)25(22)33/h5-14H,1-4H3,(H2,28,29,30,31). The molecule has 0 spiro atoms. The molecule has 5 aromatic rings. The topological polar surface area (TPSA) is 88.5 Å². The van der Waals surface area contributed by atoms with Gasteiger partial charge in [0.05, 0.1) is 5.52 Å². The zero-order chi connectivity index (χ0) is 23.1. The van der Waals surface area contributed by atoms with Crippen LogP contribution >= 0.6 is 0 Å². The number of rotatable bonds is 4. The number of aryl methyl sites for hydroxylation is 4. The van der Waals surface area contributed by atoms with Crippen LogP contribution in [0.15, 0.2) is 65.6 Å². The summed E-state index contributed by atoms with van der Waals surface area (Å²) in [5.41, 5.74) is 7.15. The fraction of sp³-hybridized carbons (Fsp3) is 0.154. The van der Waals surface area contributed by atoms with Gasteiger partial charge in [-0.25, -0.2) is 0 Å². The van der Waals surface area contributed by atoms with Gasteiger partial charge in [0.1, 0.15) is 0 Å². The Morgan fingerprint density at radius 1 is 0.939 bits per heavy atom. The van der Waals surface area contributed by atoms with E-state index >= 15 is 0 Å². The smallest absolute Gasteiger partial charge is 0.258 e. The van der Waals surface area contributed by atoms with Crippen LogP contribution in [-0.4, -0.2) is 24.7 Å². The number of hydrogen-bond acceptors (Lipinski definition) is 5. The summed E-state index contributed by atoms with van der Waals surface area (Å²) in [6.07, 6.45) is 1.81. The summed E-state index contributed by atoms with van der Waals surface area (Å²) in [5, 5.41) is 11.4. The van der Waals surface area contributed by atoms with E-state index in [0.29, 0.717) is 17.3 Å². The van der Waals surface area contributed by atoms with E-state index in [1.54, 1.807) is 11.6 Å². The summed E-state index contributed by atoms with van der Waals surface area (Å²) >= 11 is 0. The number of H-pyrrole nitrogens is 1. The quantitative estimate of drug-likeness (QED) is 0.411. The Balaban J connectivity index is 1.51. The molecule has 0 aliphatic heterocycles. The molecule has 0 bridgehead atoms. The molecule has 0 unspecified atom stereocenters. The third-order valence-corrected chi connectivity index (χ3v) is 5.84. The Morgan fingerprint density at radius 3 is 2.52 bits per heavy atom. The van der Waals surface area contributed by atoms with E-state index in [4.69, 9.17) is 0 Å². The van der Waals surface area contributed by atoms with Crippen molar-refractivity contribution in [3.05, 3.63) is 88.0 Å². The summed E-state index contributed by atoms with van der Waals surface area (Å²) in [6, 6.07) is 17.8. The van der Waals surface area contributed by atoms with Crippen LogP contribution in [0.25, 0.3) is 33.4 Å². The molecule has 0 radical (unpaired) electrons. The van der Waals surface area contributed by atoms with Crippen LogP contribution in [0.1, 0.15) is 16.8 Å². The Hall–Kier alpha value is -4.26. The molecule has 5 rings (SSSR count). The molecule has 33 heavy (non-hydrogen) atoms. The largest absolute Gasteiger partial charge is 0.323 e. The normalized spacial score (nSPS) is 11.2. The maximum Gasteiger partial charge on any atom is 0.258 e. The van der Waals surface area contributed by atoms with Gasteiger partial charge in [-0.05, 0) is 56.2 Å². The van der Waals surface area contributed by atoms with E-state index in [9.17, 15) is 4.79 Å². The lowest BCUT2D eigenvalue weighted by Crippen LogP contribution is -2.19. The molecule has 2 N–H and O–H groups in total. The molecular formula is C26H24N6O. The van der Waals surface area contributed by atoms with Crippen molar-refractivity contribution in [1.29, 1.82) is 0 Å². The highest BCUT2D eigenvalue weighted by atomic mass is 16.1. The molecule has 0 aliphatic carbocycles. The molecule has 0 amide bonds. The second-order valence-corrected chi connectivity index (χ2v) is 8.34. The Kier molecular flexibility index (Phi) is 5.01. The molecule has 0 saturated heterocycles. The molecule has 7 nitrogen and oxygen atoms in total. The van der Waals surface area contributed by atoms with Crippen LogP contribution in [0, 0.1) is 20.8 Å². The maximum absolute atomic E-state index is 13.2. The zero-order valence-corrected chi connectivity index (χ0v) is 19.0. The zero-order valence-electron chi connectivity index (χ0n) is 19.0. The number of aromatic amines is 1. The number of aromatic nitrogens is 5. The predicted molar refractivity (Wildman–Crippen MR) is 132 cm³/mol. The van der Waals surface area contributed by atoms with Crippen molar-refractivity contribution in [1.82, 2.24) is 24.7 Å². The highest BCUT2D eigenvalue weighted by Crippen LogP contribution is 2.28. The second kappa shape index (κ2) is 8.02. The van der Waals surface area contributed by atoms with Crippen molar-refractivity contribution in [2.75, 3.05) is 5.32 Å². The van der Waals surface area contributed by atoms with E-state index in [1.807, 2.05) is 81.6 Å². The lowest BCUT2D eigenvalue weighted by molar-refractivity contribution is 0.905. The van der Waals surface area contributed by atoms with E-state index in [1.165, 1.54) is 5.56 Å². The lowest BCUT2D eigenvalue weighted by Gasteiger charge is -2.12. The average Bonchev–Trinajstić information content (AvgIpc) is 3.27. The van der Waals surface area contributed by atoms with Crippen molar-refractivity contribution < 1.29 is 0 Å². The predicted octanol–water partition coefficient (Wildman–Crippen LogP) is 5.05. The van der Waals surface area contributed by atoms with Gasteiger partial charge >= 0.3 is 0 Å². The van der Waals surface area contributed by atoms with Crippen LogP contribution < -0.4 is 10.9 Å². The molecule has 0 atom stereocenters. The van der Waals surface area contributed by atoms with E-state index < -0.39 is 0 Å². The first-order valence-corrected chi connectivity index (χ1v) is 10.7. The molecule has 0 aliphatic rings. The second-order valence-electron chi connectivity index (χ2n) is 8.34. The van der Waals surface area contributed by atoms with Crippen LogP contribution in [0.2, 0.25) is 0 Å². The Labute approximate surface area is 191 Å². The van der Waals surface area contributed by atoms with Crippen LogP contribution in [0.3, 0.4) is 0 Å². The number of nitrogens with one attached hydrogen (secondary N) is 2. The van der Waals surface area contributed by atoms with Gasteiger partial charge < -0.3 is 9.88 Å². The number of pyridine rings is 2. The van der Waals surface area contributed by atoms with Gasteiger partial charge in [-0.2, -0.15) is 4.98 Å². The third kappa shape index (κ3) is 3.89.